The van der Waals surface area contributed by atoms with Gasteiger partial charge in [-0.2, -0.15) is 0 Å². The van der Waals surface area contributed by atoms with Crippen LogP contribution in [0.3, 0.4) is 0 Å². The second kappa shape index (κ2) is 7.00. The highest BCUT2D eigenvalue weighted by molar-refractivity contribution is 5.94. The fraction of sp³-hybridized carbons (Fsp3) is 0.533. The molecule has 4 nitrogen and oxygen atoms in total. The molecule has 22 heavy (non-hydrogen) atoms. The Morgan fingerprint density at radius 2 is 1.86 bits per heavy atom. The Labute approximate surface area is 126 Å². The SMILES string of the molecule is O=C(NC1CCCCC1CO)c1ccc(OC(F)(F)F)cc1. The molecule has 122 valence electrons. The van der Waals surface area contributed by atoms with E-state index in [0.717, 1.165) is 37.8 Å². The van der Waals surface area contributed by atoms with Gasteiger partial charge in [0.1, 0.15) is 5.75 Å². The van der Waals surface area contributed by atoms with Gasteiger partial charge in [-0.3, -0.25) is 4.79 Å². The zero-order valence-corrected chi connectivity index (χ0v) is 11.9. The van der Waals surface area contributed by atoms with Crippen LogP contribution in [0, 0.1) is 5.92 Å². The first kappa shape index (κ1) is 16.6. The van der Waals surface area contributed by atoms with Gasteiger partial charge in [0.2, 0.25) is 0 Å². The molecule has 1 aliphatic rings. The quantitative estimate of drug-likeness (QED) is 0.898. The van der Waals surface area contributed by atoms with Gasteiger partial charge in [-0.15, -0.1) is 13.2 Å². The van der Waals surface area contributed by atoms with E-state index in [1.54, 1.807) is 0 Å². The Morgan fingerprint density at radius 3 is 2.45 bits per heavy atom. The first-order chi connectivity index (χ1) is 10.4. The predicted molar refractivity (Wildman–Crippen MR) is 73.4 cm³/mol. The molecule has 1 amide bonds. The molecule has 0 saturated heterocycles. The molecule has 2 rings (SSSR count). The summed E-state index contributed by atoms with van der Waals surface area (Å²) in [6.45, 7) is 0.0172. The van der Waals surface area contributed by atoms with Gasteiger partial charge in [0, 0.05) is 24.1 Å². The summed E-state index contributed by atoms with van der Waals surface area (Å²) >= 11 is 0. The number of carbonyl (C=O) groups excluding carboxylic acids is 1. The van der Waals surface area contributed by atoms with Gasteiger partial charge in [0.15, 0.2) is 0 Å². The predicted octanol–water partition coefficient (Wildman–Crippen LogP) is 2.87. The Kier molecular flexibility index (Phi) is 5.28. The van der Waals surface area contributed by atoms with E-state index in [2.05, 4.69) is 10.1 Å². The molecule has 0 aromatic heterocycles. The second-order valence-corrected chi connectivity index (χ2v) is 5.38. The van der Waals surface area contributed by atoms with Crippen molar-refractivity contribution in [1.82, 2.24) is 5.32 Å². The van der Waals surface area contributed by atoms with Crippen molar-refractivity contribution in [3.05, 3.63) is 29.8 Å². The smallest absolute Gasteiger partial charge is 0.406 e. The minimum Gasteiger partial charge on any atom is -0.406 e. The standard InChI is InChI=1S/C15H18F3NO3/c16-15(17,18)22-12-7-5-10(6-8-12)14(21)19-13-4-2-1-3-11(13)9-20/h5-8,11,13,20H,1-4,9H2,(H,19,21). The third-order valence-electron chi connectivity index (χ3n) is 3.81. The molecule has 0 aliphatic heterocycles. The van der Waals surface area contributed by atoms with E-state index in [1.807, 2.05) is 0 Å². The molecule has 7 heteroatoms. The summed E-state index contributed by atoms with van der Waals surface area (Å²) in [5, 5.41) is 12.2. The van der Waals surface area contributed by atoms with Crippen LogP contribution in [-0.4, -0.2) is 30.0 Å². The monoisotopic (exact) mass is 317 g/mol. The fourth-order valence-electron chi connectivity index (χ4n) is 2.68. The number of hydrogen-bond donors (Lipinski definition) is 2. The molecular weight excluding hydrogens is 299 g/mol. The number of aliphatic hydroxyl groups is 1. The molecule has 1 aromatic carbocycles. The van der Waals surface area contributed by atoms with Crippen LogP contribution in [-0.2, 0) is 0 Å². The van der Waals surface area contributed by atoms with Crippen molar-refractivity contribution in [2.24, 2.45) is 5.92 Å². The van der Waals surface area contributed by atoms with Gasteiger partial charge in [-0.05, 0) is 37.1 Å². The maximum atomic E-state index is 12.1. The van der Waals surface area contributed by atoms with Crippen molar-refractivity contribution >= 4 is 5.91 Å². The zero-order valence-electron chi connectivity index (χ0n) is 11.9. The molecule has 2 unspecified atom stereocenters. The van der Waals surface area contributed by atoms with Gasteiger partial charge in [-0.1, -0.05) is 12.8 Å². The number of aliphatic hydroxyl groups excluding tert-OH is 1. The van der Waals surface area contributed by atoms with Gasteiger partial charge in [0.05, 0.1) is 0 Å². The van der Waals surface area contributed by atoms with Crippen LogP contribution >= 0.6 is 0 Å². The minimum absolute atomic E-state index is 0.0172. The number of nitrogens with one attached hydrogen (secondary N) is 1. The largest absolute Gasteiger partial charge is 0.573 e. The Morgan fingerprint density at radius 1 is 1.23 bits per heavy atom. The lowest BCUT2D eigenvalue weighted by molar-refractivity contribution is -0.274. The second-order valence-electron chi connectivity index (χ2n) is 5.38. The number of amides is 1. The lowest BCUT2D eigenvalue weighted by Crippen LogP contribution is -2.43. The van der Waals surface area contributed by atoms with E-state index in [-0.39, 0.29) is 35.8 Å². The lowest BCUT2D eigenvalue weighted by Gasteiger charge is -2.30. The van der Waals surface area contributed by atoms with E-state index in [1.165, 1.54) is 12.1 Å². The van der Waals surface area contributed by atoms with E-state index >= 15 is 0 Å². The maximum absolute atomic E-state index is 12.1. The molecule has 1 saturated carbocycles. The molecule has 2 atom stereocenters. The van der Waals surface area contributed by atoms with Gasteiger partial charge >= 0.3 is 6.36 Å². The average Bonchev–Trinajstić information content (AvgIpc) is 2.47. The molecular formula is C15H18F3NO3. The number of rotatable bonds is 4. The van der Waals surface area contributed by atoms with E-state index < -0.39 is 6.36 Å². The fourth-order valence-corrected chi connectivity index (χ4v) is 2.68. The Balaban J connectivity index is 1.97. The van der Waals surface area contributed by atoms with E-state index in [9.17, 15) is 23.1 Å². The number of carbonyl (C=O) groups is 1. The molecule has 2 N–H and O–H groups in total. The highest BCUT2D eigenvalue weighted by Gasteiger charge is 2.31. The number of halogens is 3. The van der Waals surface area contributed by atoms with Crippen molar-refractivity contribution in [1.29, 1.82) is 0 Å². The number of alkyl halides is 3. The van der Waals surface area contributed by atoms with Crippen molar-refractivity contribution in [3.63, 3.8) is 0 Å². The highest BCUT2D eigenvalue weighted by Crippen LogP contribution is 2.25. The summed E-state index contributed by atoms with van der Waals surface area (Å²) in [5.41, 5.74) is 0.261. The van der Waals surface area contributed by atoms with Crippen molar-refractivity contribution < 1.29 is 27.8 Å². The van der Waals surface area contributed by atoms with Gasteiger partial charge < -0.3 is 15.2 Å². The Bertz CT molecular complexity index is 502. The summed E-state index contributed by atoms with van der Waals surface area (Å²) in [7, 11) is 0. The van der Waals surface area contributed by atoms with Crippen molar-refractivity contribution in [3.8, 4) is 5.75 Å². The van der Waals surface area contributed by atoms with Crippen LogP contribution in [0.2, 0.25) is 0 Å². The van der Waals surface area contributed by atoms with Crippen molar-refractivity contribution in [2.45, 2.75) is 38.1 Å². The third-order valence-corrected chi connectivity index (χ3v) is 3.81. The number of ether oxygens (including phenoxy) is 1. The molecule has 0 spiro atoms. The molecule has 0 bridgehead atoms. The maximum Gasteiger partial charge on any atom is 0.573 e. The first-order valence-corrected chi connectivity index (χ1v) is 7.16. The summed E-state index contributed by atoms with van der Waals surface area (Å²) in [6, 6.07) is 4.68. The minimum atomic E-state index is -4.75. The van der Waals surface area contributed by atoms with Crippen LogP contribution in [0.25, 0.3) is 0 Å². The molecule has 0 heterocycles. The van der Waals surface area contributed by atoms with Crippen LogP contribution < -0.4 is 10.1 Å². The average molecular weight is 317 g/mol. The number of benzene rings is 1. The van der Waals surface area contributed by atoms with E-state index in [4.69, 9.17) is 0 Å². The van der Waals surface area contributed by atoms with Gasteiger partial charge in [0.25, 0.3) is 5.91 Å². The summed E-state index contributed by atoms with van der Waals surface area (Å²) in [6.07, 6.45) is -1.08. The van der Waals surface area contributed by atoms with Crippen molar-refractivity contribution in [2.75, 3.05) is 6.61 Å². The van der Waals surface area contributed by atoms with Crippen LogP contribution in [0.15, 0.2) is 24.3 Å². The highest BCUT2D eigenvalue weighted by atomic mass is 19.4. The first-order valence-electron chi connectivity index (χ1n) is 7.16. The van der Waals surface area contributed by atoms with Crippen LogP contribution in [0.5, 0.6) is 5.75 Å². The normalized spacial score (nSPS) is 22.2. The van der Waals surface area contributed by atoms with Crippen LogP contribution in [0.4, 0.5) is 13.2 Å². The van der Waals surface area contributed by atoms with E-state index in [0.29, 0.717) is 0 Å². The zero-order chi connectivity index (χ0) is 16.2. The summed E-state index contributed by atoms with van der Waals surface area (Å²) in [5.74, 6) is -0.690. The molecule has 1 aliphatic carbocycles. The Hall–Kier alpha value is -1.76. The third kappa shape index (κ3) is 4.62. The van der Waals surface area contributed by atoms with Gasteiger partial charge in [-0.25, -0.2) is 0 Å². The van der Waals surface area contributed by atoms with Crippen LogP contribution in [0.1, 0.15) is 36.0 Å². The molecule has 1 aromatic rings. The number of hydrogen-bond acceptors (Lipinski definition) is 3. The summed E-state index contributed by atoms with van der Waals surface area (Å²) in [4.78, 5) is 12.1. The topological polar surface area (TPSA) is 58.6 Å². The molecule has 0 radical (unpaired) electrons. The lowest BCUT2D eigenvalue weighted by atomic mass is 9.85. The summed E-state index contributed by atoms with van der Waals surface area (Å²) < 4.78 is 40.0. The molecule has 1 fully saturated rings.